The second-order valence-electron chi connectivity index (χ2n) is 3.44. The van der Waals surface area contributed by atoms with Gasteiger partial charge in [-0.1, -0.05) is 37.0 Å². The third-order valence-electron chi connectivity index (χ3n) is 1.61. The lowest BCUT2D eigenvalue weighted by atomic mass is 10.2. The summed E-state index contributed by atoms with van der Waals surface area (Å²) >= 11 is 11.5. The van der Waals surface area contributed by atoms with E-state index in [2.05, 4.69) is 9.98 Å². The van der Waals surface area contributed by atoms with Gasteiger partial charge < -0.3 is 10.9 Å². The molecular weight excluding hydrogens is 239 g/mol. The van der Waals surface area contributed by atoms with Gasteiger partial charge >= 0.3 is 0 Å². The molecule has 84 valence electrons. The zero-order chi connectivity index (χ0) is 11.6. The second-order valence-corrected chi connectivity index (χ2v) is 4.18. The number of hydrogen-bond acceptors (Lipinski definition) is 4. The van der Waals surface area contributed by atoms with Crippen molar-refractivity contribution in [1.82, 2.24) is 9.71 Å². The lowest BCUT2D eigenvalue weighted by molar-refractivity contribution is 0.175. The van der Waals surface area contributed by atoms with E-state index in [1.165, 1.54) is 0 Å². The van der Waals surface area contributed by atoms with Crippen molar-refractivity contribution < 1.29 is 5.21 Å². The topological polar surface area (TPSA) is 76.4 Å². The monoisotopic (exact) mass is 250 g/mol. The Bertz CT molecular complexity index is 398. The maximum absolute atomic E-state index is 9.51. The first-order chi connectivity index (χ1) is 6.93. The van der Waals surface area contributed by atoms with Crippen LogP contribution in [0.5, 0.6) is 0 Å². The molecule has 5 nitrogen and oxygen atoms in total. The van der Waals surface area contributed by atoms with Crippen molar-refractivity contribution in [3.8, 4) is 0 Å². The summed E-state index contributed by atoms with van der Waals surface area (Å²) in [5.41, 5.74) is 5.52. The summed E-state index contributed by atoms with van der Waals surface area (Å²) in [7, 11) is 0. The van der Waals surface area contributed by atoms with Crippen molar-refractivity contribution in [1.29, 1.82) is 0 Å². The first-order valence-electron chi connectivity index (χ1n) is 4.36. The predicted octanol–water partition coefficient (Wildman–Crippen LogP) is 1.57. The Morgan fingerprint density at radius 1 is 1.53 bits per heavy atom. The molecule has 0 atom stereocenters. The van der Waals surface area contributed by atoms with E-state index in [1.54, 1.807) is 0 Å². The molecule has 0 aliphatic carbocycles. The molecule has 0 aliphatic rings. The highest BCUT2D eigenvalue weighted by molar-refractivity contribution is 6.41. The summed E-state index contributed by atoms with van der Waals surface area (Å²) in [4.78, 5) is 7.73. The van der Waals surface area contributed by atoms with E-state index in [0.717, 1.165) is 0 Å². The first-order valence-corrected chi connectivity index (χ1v) is 5.12. The summed E-state index contributed by atoms with van der Waals surface area (Å²) in [5, 5.41) is 9.63. The zero-order valence-electron chi connectivity index (χ0n) is 8.41. The van der Waals surface area contributed by atoms with E-state index < -0.39 is 0 Å². The second kappa shape index (κ2) is 4.72. The molecule has 0 radical (unpaired) electrons. The van der Waals surface area contributed by atoms with Crippen molar-refractivity contribution in [2.24, 2.45) is 10.9 Å². The molecule has 7 heteroatoms. The molecule has 1 aromatic rings. The Morgan fingerprint density at radius 3 is 2.67 bits per heavy atom. The van der Waals surface area contributed by atoms with Crippen LogP contribution in [0, 0.1) is 5.92 Å². The number of nitrogen functional groups attached to an aromatic ring is 1. The molecule has 1 heterocycles. The van der Waals surface area contributed by atoms with Gasteiger partial charge in [0.2, 0.25) is 5.95 Å². The molecule has 0 amide bonds. The minimum atomic E-state index is -0.146. The van der Waals surface area contributed by atoms with Crippen LogP contribution in [-0.2, 0) is 0 Å². The van der Waals surface area contributed by atoms with Crippen LogP contribution in [0.4, 0.5) is 5.95 Å². The quantitative estimate of drug-likeness (QED) is 0.618. The van der Waals surface area contributed by atoms with E-state index in [4.69, 9.17) is 28.9 Å². The van der Waals surface area contributed by atoms with E-state index in [0.29, 0.717) is 17.2 Å². The molecule has 3 N–H and O–H groups in total. The summed E-state index contributed by atoms with van der Waals surface area (Å²) in [5.74, 6) is 0.195. The van der Waals surface area contributed by atoms with Gasteiger partial charge in [0.25, 0.3) is 0 Å². The maximum atomic E-state index is 9.51. The SMILES string of the molecule is CC(C)CN=c1c(Cl)c(Cl)nc(N)n1O. The van der Waals surface area contributed by atoms with Crippen molar-refractivity contribution >= 4 is 29.2 Å². The maximum Gasteiger partial charge on any atom is 0.237 e. The number of anilines is 1. The van der Waals surface area contributed by atoms with Crippen LogP contribution in [0.25, 0.3) is 0 Å². The lowest BCUT2D eigenvalue weighted by Crippen LogP contribution is -2.25. The number of hydrogen-bond donors (Lipinski definition) is 2. The molecule has 0 fully saturated rings. The van der Waals surface area contributed by atoms with Gasteiger partial charge in [-0.2, -0.15) is 4.98 Å². The Labute approximate surface area is 97.1 Å². The third kappa shape index (κ3) is 2.76. The van der Waals surface area contributed by atoms with Gasteiger partial charge in [0.05, 0.1) is 0 Å². The largest absolute Gasteiger partial charge is 0.423 e. The molecule has 0 saturated heterocycles. The van der Waals surface area contributed by atoms with Crippen LogP contribution in [-0.4, -0.2) is 21.5 Å². The standard InChI is InChI=1S/C8H12Cl2N4O/c1-4(2)3-12-7-5(9)6(10)13-8(11)14(7)15/h4,15H,3H2,1-2H3,(H2,11,13). The molecule has 0 saturated carbocycles. The fourth-order valence-electron chi connectivity index (χ4n) is 0.896. The zero-order valence-corrected chi connectivity index (χ0v) is 9.92. The number of aromatic nitrogens is 2. The van der Waals surface area contributed by atoms with Crippen molar-refractivity contribution in [2.75, 3.05) is 12.3 Å². The lowest BCUT2D eigenvalue weighted by Gasteiger charge is -2.05. The van der Waals surface area contributed by atoms with Crippen LogP contribution >= 0.6 is 23.2 Å². The van der Waals surface area contributed by atoms with Gasteiger partial charge in [-0.3, -0.25) is 4.99 Å². The predicted molar refractivity (Wildman–Crippen MR) is 59.1 cm³/mol. The van der Waals surface area contributed by atoms with Crippen molar-refractivity contribution in [3.63, 3.8) is 0 Å². The number of halogens is 2. The summed E-state index contributed by atoms with van der Waals surface area (Å²) < 4.78 is 0.622. The number of rotatable bonds is 2. The fourth-order valence-corrected chi connectivity index (χ4v) is 1.25. The minimum absolute atomic E-state index is 0.0296. The fraction of sp³-hybridized carbons (Fsp3) is 0.500. The smallest absolute Gasteiger partial charge is 0.237 e. The van der Waals surface area contributed by atoms with Crippen LogP contribution in [0.2, 0.25) is 10.2 Å². The molecule has 0 aromatic carbocycles. The number of nitrogens with zero attached hydrogens (tertiary/aromatic N) is 3. The highest BCUT2D eigenvalue weighted by atomic mass is 35.5. The Balaban J connectivity index is 3.33. The Morgan fingerprint density at radius 2 is 2.13 bits per heavy atom. The first kappa shape index (κ1) is 12.1. The highest BCUT2D eigenvalue weighted by Gasteiger charge is 2.09. The molecule has 0 aliphatic heterocycles. The average Bonchev–Trinajstić information content (AvgIpc) is 2.14. The molecule has 0 spiro atoms. The molecule has 0 bridgehead atoms. The molecule has 1 rings (SSSR count). The normalized spacial score (nSPS) is 12.5. The van der Waals surface area contributed by atoms with Crippen LogP contribution in [0.3, 0.4) is 0 Å². The van der Waals surface area contributed by atoms with Gasteiger partial charge in [-0.15, -0.1) is 4.73 Å². The molecule has 0 unspecified atom stereocenters. The Kier molecular flexibility index (Phi) is 3.82. The van der Waals surface area contributed by atoms with Gasteiger partial charge in [0, 0.05) is 6.54 Å². The van der Waals surface area contributed by atoms with Gasteiger partial charge in [0.15, 0.2) is 10.6 Å². The third-order valence-corrected chi connectivity index (χ3v) is 2.33. The van der Waals surface area contributed by atoms with E-state index >= 15 is 0 Å². The highest BCUT2D eigenvalue weighted by Crippen LogP contribution is 2.15. The molecular formula is C8H12Cl2N4O. The van der Waals surface area contributed by atoms with Crippen molar-refractivity contribution in [3.05, 3.63) is 15.7 Å². The van der Waals surface area contributed by atoms with Crippen LogP contribution < -0.4 is 11.2 Å². The Hall–Kier alpha value is -0.940. The van der Waals surface area contributed by atoms with Gasteiger partial charge in [0.1, 0.15) is 5.02 Å². The molecule has 1 aromatic heterocycles. The summed E-state index contributed by atoms with van der Waals surface area (Å²) in [6, 6.07) is 0. The van der Waals surface area contributed by atoms with E-state index in [-0.39, 0.29) is 21.6 Å². The number of nitrogens with two attached hydrogens (primary N) is 1. The summed E-state index contributed by atoms with van der Waals surface area (Å²) in [6.45, 7) is 4.50. The average molecular weight is 251 g/mol. The molecule has 15 heavy (non-hydrogen) atoms. The van der Waals surface area contributed by atoms with E-state index in [9.17, 15) is 5.21 Å². The van der Waals surface area contributed by atoms with Gasteiger partial charge in [-0.05, 0) is 5.92 Å². The van der Waals surface area contributed by atoms with Crippen LogP contribution in [0.1, 0.15) is 13.8 Å². The summed E-state index contributed by atoms with van der Waals surface area (Å²) in [6.07, 6.45) is 0. The van der Waals surface area contributed by atoms with Gasteiger partial charge in [-0.25, -0.2) is 0 Å². The van der Waals surface area contributed by atoms with Crippen LogP contribution in [0.15, 0.2) is 4.99 Å². The minimum Gasteiger partial charge on any atom is -0.423 e. The van der Waals surface area contributed by atoms with E-state index in [1.807, 2.05) is 13.8 Å². The van der Waals surface area contributed by atoms with Crippen molar-refractivity contribution in [2.45, 2.75) is 13.8 Å².